The highest BCUT2D eigenvalue weighted by atomic mass is 19.1. The zero-order valence-corrected chi connectivity index (χ0v) is 13.4. The molecule has 6 heteroatoms. The quantitative estimate of drug-likeness (QED) is 0.846. The largest absolute Gasteiger partial charge is 0.470 e. The Bertz CT molecular complexity index is 782. The van der Waals surface area contributed by atoms with E-state index in [0.29, 0.717) is 31.1 Å². The molecule has 2 atom stereocenters. The van der Waals surface area contributed by atoms with Crippen LogP contribution in [0, 0.1) is 5.82 Å². The van der Waals surface area contributed by atoms with Crippen LogP contribution < -0.4 is 4.74 Å². The first-order valence-electron chi connectivity index (χ1n) is 7.97. The molecule has 1 amide bonds. The van der Waals surface area contributed by atoms with Crippen molar-refractivity contribution < 1.29 is 13.9 Å². The molecule has 0 radical (unpaired) electrons. The molecule has 0 saturated carbocycles. The van der Waals surface area contributed by atoms with Gasteiger partial charge < -0.3 is 9.64 Å². The minimum atomic E-state index is -0.234. The van der Waals surface area contributed by atoms with Gasteiger partial charge in [-0.3, -0.25) is 9.69 Å². The van der Waals surface area contributed by atoms with E-state index >= 15 is 0 Å². The van der Waals surface area contributed by atoms with Gasteiger partial charge in [-0.05, 0) is 29.8 Å². The minimum absolute atomic E-state index is 0.0414. The summed E-state index contributed by atoms with van der Waals surface area (Å²) >= 11 is 0. The third-order valence-corrected chi connectivity index (χ3v) is 4.69. The number of likely N-dealkylation sites (tertiary alicyclic amines) is 1. The van der Waals surface area contributed by atoms with Gasteiger partial charge in [0.15, 0.2) is 0 Å². The number of fused-ring (bicyclic) bond motifs is 2. The van der Waals surface area contributed by atoms with Crippen LogP contribution in [0.3, 0.4) is 0 Å². The van der Waals surface area contributed by atoms with E-state index in [-0.39, 0.29) is 23.9 Å². The second-order valence-electron chi connectivity index (χ2n) is 6.32. The van der Waals surface area contributed by atoms with Crippen LogP contribution in [0.15, 0.2) is 42.6 Å². The highest BCUT2D eigenvalue weighted by Crippen LogP contribution is 2.29. The van der Waals surface area contributed by atoms with Crippen LogP contribution in [0.2, 0.25) is 0 Å². The third kappa shape index (κ3) is 2.63. The lowest BCUT2D eigenvalue weighted by Gasteiger charge is -2.25. The number of hydrogen-bond acceptors (Lipinski definition) is 4. The van der Waals surface area contributed by atoms with Crippen LogP contribution >= 0.6 is 0 Å². The molecule has 24 heavy (non-hydrogen) atoms. The number of halogens is 1. The number of rotatable bonds is 2. The van der Waals surface area contributed by atoms with Gasteiger partial charge in [0.1, 0.15) is 17.5 Å². The summed E-state index contributed by atoms with van der Waals surface area (Å²) in [6, 6.07) is 10.0. The van der Waals surface area contributed by atoms with Crippen LogP contribution in [0.4, 0.5) is 4.39 Å². The first-order valence-corrected chi connectivity index (χ1v) is 7.97. The maximum atomic E-state index is 13.4. The van der Waals surface area contributed by atoms with Crippen molar-refractivity contribution in [2.24, 2.45) is 0 Å². The molecular weight excluding hydrogens is 309 g/mol. The zero-order valence-electron chi connectivity index (χ0n) is 13.4. The highest BCUT2D eigenvalue weighted by molar-refractivity contribution is 5.96. The van der Waals surface area contributed by atoms with Gasteiger partial charge in [-0.25, -0.2) is 9.37 Å². The smallest absolute Gasteiger partial charge is 0.259 e. The monoisotopic (exact) mass is 327 g/mol. The molecule has 0 spiro atoms. The van der Waals surface area contributed by atoms with Crippen LogP contribution in [-0.2, 0) is 6.54 Å². The molecule has 0 unspecified atom stereocenters. The summed E-state index contributed by atoms with van der Waals surface area (Å²) in [6.45, 7) is 2.00. The van der Waals surface area contributed by atoms with Crippen molar-refractivity contribution in [1.82, 2.24) is 14.8 Å². The Kier molecular flexibility index (Phi) is 3.69. The highest BCUT2D eigenvalue weighted by Gasteiger charge is 2.42. The number of hydrogen-bond donors (Lipinski definition) is 0. The fourth-order valence-electron chi connectivity index (χ4n) is 3.47. The summed E-state index contributed by atoms with van der Waals surface area (Å²) in [5, 5.41) is 0. The van der Waals surface area contributed by atoms with E-state index in [1.165, 1.54) is 6.07 Å². The Morgan fingerprint density at radius 2 is 2.17 bits per heavy atom. The predicted octanol–water partition coefficient (Wildman–Crippen LogP) is 1.94. The van der Waals surface area contributed by atoms with Crippen molar-refractivity contribution in [2.75, 3.05) is 20.1 Å². The summed E-state index contributed by atoms with van der Waals surface area (Å²) in [5.41, 5.74) is 1.42. The van der Waals surface area contributed by atoms with Crippen molar-refractivity contribution in [3.8, 4) is 5.88 Å². The van der Waals surface area contributed by atoms with Gasteiger partial charge in [-0.1, -0.05) is 12.1 Å². The van der Waals surface area contributed by atoms with E-state index in [4.69, 9.17) is 4.74 Å². The second-order valence-corrected chi connectivity index (χ2v) is 6.32. The van der Waals surface area contributed by atoms with Gasteiger partial charge in [0, 0.05) is 32.9 Å². The fourth-order valence-corrected chi connectivity index (χ4v) is 3.47. The van der Waals surface area contributed by atoms with E-state index < -0.39 is 0 Å². The molecule has 4 rings (SSSR count). The lowest BCUT2D eigenvalue weighted by atomic mass is 10.2. The lowest BCUT2D eigenvalue weighted by Crippen LogP contribution is -2.44. The number of amides is 1. The maximum absolute atomic E-state index is 13.4. The minimum Gasteiger partial charge on any atom is -0.470 e. The Morgan fingerprint density at radius 3 is 3.00 bits per heavy atom. The van der Waals surface area contributed by atoms with Crippen LogP contribution in [0.1, 0.15) is 15.9 Å². The normalized spacial score (nSPS) is 23.4. The number of likely N-dealkylation sites (N-methyl/N-ethyl adjacent to an activating group) is 1. The standard InChI is InChI=1S/C18H18FN3O2/c1-21-15-10-22(9-12-4-2-5-13(19)8-12)11-16(15)24-17-14(18(21)23)6-3-7-20-17/h2-8,15-16H,9-11H2,1H3/t15-,16+/m1/s1. The maximum Gasteiger partial charge on any atom is 0.259 e. The molecule has 2 aliphatic heterocycles. The van der Waals surface area contributed by atoms with Crippen LogP contribution in [0.25, 0.3) is 0 Å². The molecular formula is C18H18FN3O2. The summed E-state index contributed by atoms with van der Waals surface area (Å²) in [6.07, 6.45) is 1.50. The van der Waals surface area contributed by atoms with E-state index in [1.807, 2.05) is 6.07 Å². The first kappa shape index (κ1) is 15.1. The lowest BCUT2D eigenvalue weighted by molar-refractivity contribution is 0.0680. The number of nitrogens with zero attached hydrogens (tertiary/aromatic N) is 3. The average molecular weight is 327 g/mol. The topological polar surface area (TPSA) is 45.7 Å². The Balaban J connectivity index is 1.56. The molecule has 0 aliphatic carbocycles. The first-order chi connectivity index (χ1) is 11.6. The summed E-state index contributed by atoms with van der Waals surface area (Å²) in [5.74, 6) is 0.0928. The van der Waals surface area contributed by atoms with Crippen molar-refractivity contribution >= 4 is 5.91 Å². The van der Waals surface area contributed by atoms with Crippen molar-refractivity contribution in [1.29, 1.82) is 0 Å². The number of carbonyl (C=O) groups is 1. The Morgan fingerprint density at radius 1 is 1.29 bits per heavy atom. The van der Waals surface area contributed by atoms with Crippen molar-refractivity contribution in [3.63, 3.8) is 0 Å². The number of pyridine rings is 1. The van der Waals surface area contributed by atoms with Crippen molar-refractivity contribution in [3.05, 3.63) is 59.5 Å². The summed E-state index contributed by atoms with van der Waals surface area (Å²) < 4.78 is 19.4. The number of ether oxygens (including phenoxy) is 1. The van der Waals surface area contributed by atoms with Gasteiger partial charge in [0.25, 0.3) is 5.91 Å². The molecule has 1 saturated heterocycles. The summed E-state index contributed by atoms with van der Waals surface area (Å²) in [7, 11) is 1.80. The van der Waals surface area contributed by atoms with E-state index in [2.05, 4.69) is 9.88 Å². The molecule has 1 aromatic heterocycles. The molecule has 2 aliphatic rings. The third-order valence-electron chi connectivity index (χ3n) is 4.69. The van der Waals surface area contributed by atoms with Gasteiger partial charge in [0.2, 0.25) is 5.88 Å². The number of aromatic nitrogens is 1. The van der Waals surface area contributed by atoms with E-state index in [1.54, 1.807) is 42.4 Å². The zero-order chi connectivity index (χ0) is 16.7. The SMILES string of the molecule is CN1C(=O)c2cccnc2O[C@H]2CN(Cc3cccc(F)c3)C[C@H]21. The number of benzene rings is 1. The van der Waals surface area contributed by atoms with E-state index in [9.17, 15) is 9.18 Å². The van der Waals surface area contributed by atoms with Gasteiger partial charge >= 0.3 is 0 Å². The van der Waals surface area contributed by atoms with Crippen LogP contribution in [0.5, 0.6) is 5.88 Å². The molecule has 0 bridgehead atoms. The van der Waals surface area contributed by atoms with Crippen molar-refractivity contribution in [2.45, 2.75) is 18.7 Å². The van der Waals surface area contributed by atoms with Gasteiger partial charge in [-0.15, -0.1) is 0 Å². The van der Waals surface area contributed by atoms with Crippen LogP contribution in [-0.4, -0.2) is 53.0 Å². The average Bonchev–Trinajstić information content (AvgIpc) is 2.92. The van der Waals surface area contributed by atoms with Gasteiger partial charge in [0.05, 0.1) is 6.04 Å². The number of carbonyl (C=O) groups excluding carboxylic acids is 1. The fraction of sp³-hybridized carbons (Fsp3) is 0.333. The molecule has 3 heterocycles. The Hall–Kier alpha value is -2.47. The summed E-state index contributed by atoms with van der Waals surface area (Å²) in [4.78, 5) is 20.8. The molecule has 124 valence electrons. The van der Waals surface area contributed by atoms with E-state index in [0.717, 1.165) is 5.56 Å². The Labute approximate surface area is 139 Å². The molecule has 1 fully saturated rings. The molecule has 1 aromatic carbocycles. The molecule has 0 N–H and O–H groups in total. The predicted molar refractivity (Wildman–Crippen MR) is 86.2 cm³/mol. The molecule has 5 nitrogen and oxygen atoms in total. The van der Waals surface area contributed by atoms with Gasteiger partial charge in [-0.2, -0.15) is 0 Å². The second kappa shape index (κ2) is 5.87. The molecule has 2 aromatic rings.